The SMILES string of the molecule is CC(C)n1ncc(Cl)c1N=C=O. The van der Waals surface area contributed by atoms with E-state index >= 15 is 0 Å². The van der Waals surface area contributed by atoms with E-state index < -0.39 is 0 Å². The Hall–Kier alpha value is -1.12. The first-order valence-corrected chi connectivity index (χ1v) is 3.85. The summed E-state index contributed by atoms with van der Waals surface area (Å²) >= 11 is 5.71. The van der Waals surface area contributed by atoms with Crippen molar-refractivity contribution in [3.63, 3.8) is 0 Å². The second-order valence-corrected chi connectivity index (χ2v) is 2.96. The lowest BCUT2D eigenvalue weighted by atomic mass is 10.4. The molecule has 1 heterocycles. The Morgan fingerprint density at radius 2 is 2.42 bits per heavy atom. The monoisotopic (exact) mass is 185 g/mol. The van der Waals surface area contributed by atoms with E-state index in [2.05, 4.69) is 10.1 Å². The summed E-state index contributed by atoms with van der Waals surface area (Å²) in [7, 11) is 0. The van der Waals surface area contributed by atoms with Gasteiger partial charge >= 0.3 is 0 Å². The molecule has 0 spiro atoms. The van der Waals surface area contributed by atoms with E-state index in [1.165, 1.54) is 12.3 Å². The second-order valence-electron chi connectivity index (χ2n) is 2.56. The van der Waals surface area contributed by atoms with Crippen molar-refractivity contribution in [2.45, 2.75) is 19.9 Å². The van der Waals surface area contributed by atoms with Gasteiger partial charge in [-0.3, -0.25) is 0 Å². The zero-order chi connectivity index (χ0) is 9.14. The molecule has 0 fully saturated rings. The molecule has 1 rings (SSSR count). The highest BCUT2D eigenvalue weighted by molar-refractivity contribution is 6.32. The normalized spacial score (nSPS) is 10.0. The van der Waals surface area contributed by atoms with Crippen molar-refractivity contribution >= 4 is 23.5 Å². The minimum absolute atomic E-state index is 0.129. The van der Waals surface area contributed by atoms with E-state index in [0.717, 1.165) is 0 Å². The van der Waals surface area contributed by atoms with Gasteiger partial charge in [-0.1, -0.05) is 11.6 Å². The summed E-state index contributed by atoms with van der Waals surface area (Å²) in [6.45, 7) is 3.85. The van der Waals surface area contributed by atoms with Crippen LogP contribution in [0.4, 0.5) is 5.82 Å². The van der Waals surface area contributed by atoms with Gasteiger partial charge in [0.2, 0.25) is 6.08 Å². The number of aromatic nitrogens is 2. The zero-order valence-corrected chi connectivity index (χ0v) is 7.54. The Kier molecular flexibility index (Phi) is 2.63. The lowest BCUT2D eigenvalue weighted by Gasteiger charge is -2.05. The van der Waals surface area contributed by atoms with Crippen molar-refractivity contribution in [3.8, 4) is 0 Å². The van der Waals surface area contributed by atoms with Crippen LogP contribution >= 0.6 is 11.6 Å². The van der Waals surface area contributed by atoms with Crippen LogP contribution in [0.5, 0.6) is 0 Å². The Balaban J connectivity index is 3.21. The topological polar surface area (TPSA) is 47.2 Å². The van der Waals surface area contributed by atoms with Gasteiger partial charge in [-0.15, -0.1) is 4.99 Å². The number of hydrogen-bond acceptors (Lipinski definition) is 3. The lowest BCUT2D eigenvalue weighted by Crippen LogP contribution is -2.01. The van der Waals surface area contributed by atoms with Crippen molar-refractivity contribution < 1.29 is 4.79 Å². The highest BCUT2D eigenvalue weighted by atomic mass is 35.5. The van der Waals surface area contributed by atoms with Crippen LogP contribution in [0.25, 0.3) is 0 Å². The molecule has 0 atom stereocenters. The molecule has 1 aromatic rings. The largest absolute Gasteiger partial charge is 0.243 e. The van der Waals surface area contributed by atoms with Gasteiger partial charge in [0.15, 0.2) is 5.82 Å². The Labute approximate surface area is 74.9 Å². The first kappa shape index (κ1) is 8.97. The number of rotatable bonds is 2. The molecule has 0 amide bonds. The summed E-state index contributed by atoms with van der Waals surface area (Å²) in [5.74, 6) is 0.363. The summed E-state index contributed by atoms with van der Waals surface area (Å²) < 4.78 is 1.56. The predicted molar refractivity (Wildman–Crippen MR) is 45.4 cm³/mol. The molecule has 0 aliphatic rings. The smallest absolute Gasteiger partial charge is 0.242 e. The number of nitrogens with zero attached hydrogens (tertiary/aromatic N) is 3. The standard InChI is InChI=1S/C7H8ClN3O/c1-5(2)11-7(9-4-12)6(8)3-10-11/h3,5H,1-2H3. The fourth-order valence-corrected chi connectivity index (χ4v) is 1.03. The molecule has 12 heavy (non-hydrogen) atoms. The molecule has 0 saturated heterocycles. The van der Waals surface area contributed by atoms with Crippen LogP contribution in [0.15, 0.2) is 11.2 Å². The third kappa shape index (κ3) is 1.55. The van der Waals surface area contributed by atoms with Crippen molar-refractivity contribution in [1.82, 2.24) is 9.78 Å². The van der Waals surface area contributed by atoms with Gasteiger partial charge in [0.1, 0.15) is 5.02 Å². The molecule has 0 bridgehead atoms. The Morgan fingerprint density at radius 3 is 2.92 bits per heavy atom. The van der Waals surface area contributed by atoms with Gasteiger partial charge in [0.25, 0.3) is 0 Å². The van der Waals surface area contributed by atoms with Gasteiger partial charge in [-0.25, -0.2) is 9.48 Å². The van der Waals surface area contributed by atoms with Crippen LogP contribution in [-0.2, 0) is 4.79 Å². The van der Waals surface area contributed by atoms with Crippen LogP contribution in [0.1, 0.15) is 19.9 Å². The number of aliphatic imine (C=N–C) groups is 1. The van der Waals surface area contributed by atoms with E-state index in [4.69, 9.17) is 11.6 Å². The van der Waals surface area contributed by atoms with Crippen LogP contribution in [0.2, 0.25) is 5.02 Å². The summed E-state index contributed by atoms with van der Waals surface area (Å²) in [5.41, 5.74) is 0. The molecule has 0 radical (unpaired) electrons. The average Bonchev–Trinajstić information content (AvgIpc) is 2.34. The molecular formula is C7H8ClN3O. The van der Waals surface area contributed by atoms with Crippen LogP contribution < -0.4 is 0 Å². The molecular weight excluding hydrogens is 178 g/mol. The lowest BCUT2D eigenvalue weighted by molar-refractivity contribution is 0.534. The molecule has 64 valence electrons. The molecule has 0 aliphatic carbocycles. The predicted octanol–water partition coefficient (Wildman–Crippen LogP) is 2.08. The third-order valence-electron chi connectivity index (χ3n) is 1.37. The number of hydrogen-bond donors (Lipinski definition) is 0. The highest BCUT2D eigenvalue weighted by Crippen LogP contribution is 2.26. The van der Waals surface area contributed by atoms with Crippen LogP contribution in [0.3, 0.4) is 0 Å². The quantitative estimate of drug-likeness (QED) is 0.523. The Bertz CT molecular complexity index is 325. The van der Waals surface area contributed by atoms with Crippen molar-refractivity contribution in [1.29, 1.82) is 0 Å². The van der Waals surface area contributed by atoms with Gasteiger partial charge in [-0.2, -0.15) is 5.10 Å². The summed E-state index contributed by atoms with van der Waals surface area (Å²) in [6, 6.07) is 0.129. The zero-order valence-electron chi connectivity index (χ0n) is 6.78. The molecule has 0 saturated carbocycles. The molecule has 5 heteroatoms. The first-order chi connectivity index (χ1) is 5.66. The van der Waals surface area contributed by atoms with Crippen molar-refractivity contribution in [2.24, 2.45) is 4.99 Å². The molecule has 0 unspecified atom stereocenters. The van der Waals surface area contributed by atoms with Gasteiger partial charge in [0, 0.05) is 6.04 Å². The van der Waals surface area contributed by atoms with Crippen molar-refractivity contribution in [2.75, 3.05) is 0 Å². The van der Waals surface area contributed by atoms with Crippen molar-refractivity contribution in [3.05, 3.63) is 11.2 Å². The fraction of sp³-hybridized carbons (Fsp3) is 0.429. The van der Waals surface area contributed by atoms with Gasteiger partial charge in [0.05, 0.1) is 6.20 Å². The van der Waals surface area contributed by atoms with E-state index in [0.29, 0.717) is 10.8 Å². The number of halogens is 1. The fourth-order valence-electron chi connectivity index (χ4n) is 0.861. The van der Waals surface area contributed by atoms with Crippen LogP contribution in [0, 0.1) is 0 Å². The average molecular weight is 186 g/mol. The molecule has 0 N–H and O–H groups in total. The number of carbonyl (C=O) groups excluding carboxylic acids is 1. The molecule has 0 aromatic carbocycles. The molecule has 0 aliphatic heterocycles. The molecule has 1 aromatic heterocycles. The van der Waals surface area contributed by atoms with E-state index in [1.807, 2.05) is 13.8 Å². The van der Waals surface area contributed by atoms with E-state index in [-0.39, 0.29) is 6.04 Å². The molecule has 4 nitrogen and oxygen atoms in total. The minimum Gasteiger partial charge on any atom is -0.243 e. The summed E-state index contributed by atoms with van der Waals surface area (Å²) in [4.78, 5) is 13.5. The maximum absolute atomic E-state index is 10.0. The number of isocyanates is 1. The van der Waals surface area contributed by atoms with Gasteiger partial charge < -0.3 is 0 Å². The van der Waals surface area contributed by atoms with Crippen LogP contribution in [-0.4, -0.2) is 15.9 Å². The maximum Gasteiger partial charge on any atom is 0.242 e. The summed E-state index contributed by atoms with van der Waals surface area (Å²) in [6.07, 6.45) is 2.89. The third-order valence-corrected chi connectivity index (χ3v) is 1.63. The maximum atomic E-state index is 10.0. The van der Waals surface area contributed by atoms with Gasteiger partial charge in [-0.05, 0) is 13.8 Å². The van der Waals surface area contributed by atoms with E-state index in [9.17, 15) is 4.79 Å². The van der Waals surface area contributed by atoms with E-state index in [1.54, 1.807) is 4.68 Å². The Morgan fingerprint density at radius 1 is 1.75 bits per heavy atom. The second kappa shape index (κ2) is 3.52. The summed E-state index contributed by atoms with van der Waals surface area (Å²) in [5, 5.41) is 4.31. The highest BCUT2D eigenvalue weighted by Gasteiger charge is 2.09. The first-order valence-electron chi connectivity index (χ1n) is 3.47. The minimum atomic E-state index is 0.129.